The Hall–Kier alpha value is -2.16. The number of ether oxygens (including phenoxy) is 1. The van der Waals surface area contributed by atoms with Crippen LogP contribution in [0.5, 0.6) is 5.75 Å². The molecule has 0 spiro atoms. The highest BCUT2D eigenvalue weighted by Crippen LogP contribution is 2.20. The van der Waals surface area contributed by atoms with Crippen molar-refractivity contribution in [3.05, 3.63) is 64.5 Å². The summed E-state index contributed by atoms with van der Waals surface area (Å²) in [4.78, 5) is 12.2. The van der Waals surface area contributed by atoms with Crippen molar-refractivity contribution < 1.29 is 13.9 Å². The molecule has 0 N–H and O–H groups in total. The Morgan fingerprint density at radius 1 is 1.05 bits per heavy atom. The molecule has 0 aliphatic heterocycles. The maximum Gasteiger partial charge on any atom is 0.195 e. The predicted octanol–water partition coefficient (Wildman–Crippen LogP) is 3.68. The lowest BCUT2D eigenvalue weighted by Crippen LogP contribution is -2.05. The maximum atomic E-state index is 13.9. The highest BCUT2D eigenvalue weighted by Gasteiger charge is 2.15. The largest absolute Gasteiger partial charge is 0.497 e. The summed E-state index contributed by atoms with van der Waals surface area (Å²) in [7, 11) is 1.46. The fourth-order valence-electron chi connectivity index (χ4n) is 1.85. The Morgan fingerprint density at radius 3 is 2.37 bits per heavy atom. The molecule has 2 nitrogen and oxygen atoms in total. The number of hydrogen-bond donors (Lipinski definition) is 0. The maximum absolute atomic E-state index is 13.9. The van der Waals surface area contributed by atoms with Gasteiger partial charge >= 0.3 is 0 Å². The molecule has 0 aliphatic rings. The molecule has 0 radical (unpaired) electrons. The lowest BCUT2D eigenvalue weighted by Gasteiger charge is -2.07. The van der Waals surface area contributed by atoms with E-state index in [1.165, 1.54) is 19.2 Å². The normalized spacial score (nSPS) is 10.3. The van der Waals surface area contributed by atoms with Gasteiger partial charge in [-0.2, -0.15) is 0 Å². The summed E-state index contributed by atoms with van der Waals surface area (Å²) in [6.07, 6.45) is 0. The lowest BCUT2D eigenvalue weighted by molar-refractivity contribution is 0.103. The van der Waals surface area contributed by atoms with E-state index < -0.39 is 5.82 Å². The molecule has 0 bridgehead atoms. The minimum absolute atomic E-state index is 0.0593. The number of hydrogen-bond acceptors (Lipinski definition) is 2. The van der Waals surface area contributed by atoms with Crippen molar-refractivity contribution >= 4 is 5.78 Å². The van der Waals surface area contributed by atoms with E-state index in [4.69, 9.17) is 4.74 Å². The first-order valence-electron chi connectivity index (χ1n) is 5.98. The number of rotatable bonds is 3. The molecule has 2 aromatic rings. The summed E-state index contributed by atoms with van der Waals surface area (Å²) >= 11 is 0. The van der Waals surface area contributed by atoms with E-state index in [9.17, 15) is 9.18 Å². The van der Waals surface area contributed by atoms with Crippen LogP contribution in [0.4, 0.5) is 4.39 Å². The molecule has 2 rings (SSSR count). The first-order chi connectivity index (χ1) is 9.02. The van der Waals surface area contributed by atoms with Crippen molar-refractivity contribution in [3.8, 4) is 5.75 Å². The van der Waals surface area contributed by atoms with Crippen LogP contribution in [-0.4, -0.2) is 12.9 Å². The zero-order valence-corrected chi connectivity index (χ0v) is 11.2. The van der Waals surface area contributed by atoms with Gasteiger partial charge in [0, 0.05) is 11.6 Å². The van der Waals surface area contributed by atoms with Crippen LogP contribution in [0.2, 0.25) is 0 Å². The zero-order chi connectivity index (χ0) is 14.0. The van der Waals surface area contributed by atoms with E-state index in [1.54, 1.807) is 18.2 Å². The predicted molar refractivity (Wildman–Crippen MR) is 72.3 cm³/mol. The van der Waals surface area contributed by atoms with Gasteiger partial charge in [0.05, 0.1) is 12.7 Å². The first kappa shape index (κ1) is 13.3. The van der Waals surface area contributed by atoms with Gasteiger partial charge in [-0.05, 0) is 43.2 Å². The quantitative estimate of drug-likeness (QED) is 0.785. The third kappa shape index (κ3) is 2.65. The molecule has 0 aromatic heterocycles. The third-order valence-electron chi connectivity index (χ3n) is 3.19. The number of halogens is 1. The second kappa shape index (κ2) is 5.22. The molecule has 19 heavy (non-hydrogen) atoms. The van der Waals surface area contributed by atoms with Gasteiger partial charge in [-0.25, -0.2) is 4.39 Å². The Bertz CT molecular complexity index is 633. The van der Waals surface area contributed by atoms with E-state index in [-0.39, 0.29) is 11.3 Å². The SMILES string of the molecule is COc1ccc(C(=O)c2ccc(C)c(C)c2)c(F)c1. The molecule has 0 heterocycles. The van der Waals surface area contributed by atoms with Crippen molar-refractivity contribution in [2.75, 3.05) is 7.11 Å². The standard InChI is InChI=1S/C16H15FO2/c1-10-4-5-12(8-11(10)2)16(18)14-7-6-13(19-3)9-15(14)17/h4-9H,1-3H3. The van der Waals surface area contributed by atoms with Crippen LogP contribution in [-0.2, 0) is 0 Å². The summed E-state index contributed by atoms with van der Waals surface area (Å²) in [6.45, 7) is 3.90. The second-order valence-electron chi connectivity index (χ2n) is 4.47. The van der Waals surface area contributed by atoms with Crippen molar-refractivity contribution in [2.45, 2.75) is 13.8 Å². The molecule has 0 saturated heterocycles. The molecule has 0 atom stereocenters. The van der Waals surface area contributed by atoms with Crippen LogP contribution in [0, 0.1) is 19.7 Å². The molecule has 0 unspecified atom stereocenters. The molecule has 0 fully saturated rings. The Kier molecular flexibility index (Phi) is 3.65. The number of ketones is 1. The van der Waals surface area contributed by atoms with Crippen molar-refractivity contribution in [1.29, 1.82) is 0 Å². The summed E-state index contributed by atoms with van der Waals surface area (Å²) in [5, 5.41) is 0. The fourth-order valence-corrected chi connectivity index (χ4v) is 1.85. The number of methoxy groups -OCH3 is 1. The molecule has 0 aliphatic carbocycles. The van der Waals surface area contributed by atoms with Crippen molar-refractivity contribution in [2.24, 2.45) is 0 Å². The zero-order valence-electron chi connectivity index (χ0n) is 11.2. The van der Waals surface area contributed by atoms with E-state index in [0.29, 0.717) is 11.3 Å². The van der Waals surface area contributed by atoms with Crippen LogP contribution < -0.4 is 4.74 Å². The van der Waals surface area contributed by atoms with E-state index in [1.807, 2.05) is 19.9 Å². The second-order valence-corrected chi connectivity index (χ2v) is 4.47. The number of carbonyl (C=O) groups excluding carboxylic acids is 1. The highest BCUT2D eigenvalue weighted by molar-refractivity contribution is 6.09. The topological polar surface area (TPSA) is 26.3 Å². The number of benzene rings is 2. The summed E-state index contributed by atoms with van der Waals surface area (Å²) < 4.78 is 18.8. The number of aryl methyl sites for hydroxylation is 2. The van der Waals surface area contributed by atoms with Crippen LogP contribution >= 0.6 is 0 Å². The Morgan fingerprint density at radius 2 is 1.79 bits per heavy atom. The third-order valence-corrected chi connectivity index (χ3v) is 3.19. The molecular formula is C16H15FO2. The van der Waals surface area contributed by atoms with E-state index >= 15 is 0 Å². The van der Waals surface area contributed by atoms with E-state index in [0.717, 1.165) is 11.1 Å². The minimum atomic E-state index is -0.567. The van der Waals surface area contributed by atoms with Gasteiger partial charge in [-0.1, -0.05) is 12.1 Å². The van der Waals surface area contributed by atoms with Crippen LogP contribution in [0.15, 0.2) is 36.4 Å². The average molecular weight is 258 g/mol. The molecule has 0 saturated carbocycles. The Balaban J connectivity index is 2.41. The van der Waals surface area contributed by atoms with Gasteiger partial charge in [-0.3, -0.25) is 4.79 Å². The van der Waals surface area contributed by atoms with Gasteiger partial charge < -0.3 is 4.74 Å². The van der Waals surface area contributed by atoms with Gasteiger partial charge in [-0.15, -0.1) is 0 Å². The molecular weight excluding hydrogens is 243 g/mol. The van der Waals surface area contributed by atoms with Crippen LogP contribution in [0.1, 0.15) is 27.0 Å². The van der Waals surface area contributed by atoms with Gasteiger partial charge in [0.1, 0.15) is 11.6 Å². The van der Waals surface area contributed by atoms with Gasteiger partial charge in [0.25, 0.3) is 0 Å². The first-order valence-corrected chi connectivity index (χ1v) is 5.98. The van der Waals surface area contributed by atoms with Gasteiger partial charge in [0.2, 0.25) is 0 Å². The highest BCUT2D eigenvalue weighted by atomic mass is 19.1. The summed E-state index contributed by atoms with van der Waals surface area (Å²) in [5.74, 6) is -0.486. The fraction of sp³-hybridized carbons (Fsp3) is 0.188. The smallest absolute Gasteiger partial charge is 0.195 e. The minimum Gasteiger partial charge on any atom is -0.497 e. The van der Waals surface area contributed by atoms with E-state index in [2.05, 4.69) is 0 Å². The average Bonchev–Trinajstić information content (AvgIpc) is 2.41. The molecule has 98 valence electrons. The van der Waals surface area contributed by atoms with Gasteiger partial charge in [0.15, 0.2) is 5.78 Å². The number of carbonyl (C=O) groups is 1. The molecule has 3 heteroatoms. The van der Waals surface area contributed by atoms with Crippen molar-refractivity contribution in [3.63, 3.8) is 0 Å². The monoisotopic (exact) mass is 258 g/mol. The summed E-state index contributed by atoms with van der Waals surface area (Å²) in [5.41, 5.74) is 2.67. The summed E-state index contributed by atoms with van der Waals surface area (Å²) in [6, 6.07) is 9.61. The van der Waals surface area contributed by atoms with Crippen LogP contribution in [0.25, 0.3) is 0 Å². The van der Waals surface area contributed by atoms with Crippen molar-refractivity contribution in [1.82, 2.24) is 0 Å². The molecule has 2 aromatic carbocycles. The lowest BCUT2D eigenvalue weighted by atomic mass is 9.99. The van der Waals surface area contributed by atoms with Crippen LogP contribution in [0.3, 0.4) is 0 Å². The molecule has 0 amide bonds. The Labute approximate surface area is 111 Å².